The summed E-state index contributed by atoms with van der Waals surface area (Å²) in [6.45, 7) is 0.186. The minimum atomic E-state index is -5.09. The van der Waals surface area contributed by atoms with Gasteiger partial charge in [0.15, 0.2) is 0 Å². The summed E-state index contributed by atoms with van der Waals surface area (Å²) in [6.07, 6.45) is 0. The molecule has 25 heavy (non-hydrogen) atoms. The summed E-state index contributed by atoms with van der Waals surface area (Å²) in [5.74, 6) is -0.211. The van der Waals surface area contributed by atoms with Gasteiger partial charge in [0.25, 0.3) is 0 Å². The minimum absolute atomic E-state index is 0.186. The van der Waals surface area contributed by atoms with Crippen molar-refractivity contribution in [3.63, 3.8) is 0 Å². The van der Waals surface area contributed by atoms with Crippen molar-refractivity contribution in [3.8, 4) is 5.75 Å². The van der Waals surface area contributed by atoms with E-state index < -0.39 is 16.5 Å². The molecule has 2 rings (SSSR count). The van der Waals surface area contributed by atoms with E-state index in [1.165, 1.54) is 29.2 Å². The van der Waals surface area contributed by atoms with E-state index >= 15 is 0 Å². The standard InChI is InChI=1S/C15H13Cl2FN2O4S/c1-20(9-12-13(16)3-2-4-14(12)17)15(21)19-10-5-7-11(8-6-10)24-25(18,22)23/h2-8H,9H2,1H3,(H,19,21). The van der Waals surface area contributed by atoms with Gasteiger partial charge in [-0.05, 0) is 36.4 Å². The van der Waals surface area contributed by atoms with Crippen molar-refractivity contribution in [1.82, 2.24) is 4.90 Å². The average molecular weight is 407 g/mol. The molecule has 134 valence electrons. The topological polar surface area (TPSA) is 75.7 Å². The van der Waals surface area contributed by atoms with Crippen LogP contribution in [0.15, 0.2) is 42.5 Å². The number of anilines is 1. The Labute approximate surface area is 154 Å². The maximum absolute atomic E-state index is 12.4. The molecule has 1 N–H and O–H groups in total. The minimum Gasteiger partial charge on any atom is -0.358 e. The summed E-state index contributed by atoms with van der Waals surface area (Å²) in [5, 5.41) is 3.48. The Bertz CT molecular complexity index is 855. The molecule has 0 radical (unpaired) electrons. The van der Waals surface area contributed by atoms with Crippen LogP contribution in [0.5, 0.6) is 5.75 Å². The van der Waals surface area contributed by atoms with Gasteiger partial charge in [-0.3, -0.25) is 0 Å². The number of hydrogen-bond acceptors (Lipinski definition) is 4. The Morgan fingerprint density at radius 3 is 2.24 bits per heavy atom. The first-order valence-corrected chi connectivity index (χ1v) is 8.91. The number of nitrogens with zero attached hydrogens (tertiary/aromatic N) is 1. The van der Waals surface area contributed by atoms with Crippen molar-refractivity contribution in [2.45, 2.75) is 6.54 Å². The summed E-state index contributed by atoms with van der Waals surface area (Å²) in [5.41, 5.74) is 0.978. The summed E-state index contributed by atoms with van der Waals surface area (Å²) < 4.78 is 37.3. The monoisotopic (exact) mass is 406 g/mol. The van der Waals surface area contributed by atoms with Gasteiger partial charge in [0, 0.05) is 28.3 Å². The Kier molecular flexibility index (Phi) is 6.10. The summed E-state index contributed by atoms with van der Waals surface area (Å²) in [6, 6.07) is 9.76. The van der Waals surface area contributed by atoms with E-state index in [0.29, 0.717) is 21.3 Å². The fourth-order valence-electron chi connectivity index (χ4n) is 1.92. The van der Waals surface area contributed by atoms with Crippen LogP contribution in [0, 0.1) is 0 Å². The van der Waals surface area contributed by atoms with E-state index in [2.05, 4.69) is 9.50 Å². The number of halogens is 3. The molecule has 0 aliphatic carbocycles. The number of hydrogen-bond donors (Lipinski definition) is 1. The lowest BCUT2D eigenvalue weighted by atomic mass is 10.2. The van der Waals surface area contributed by atoms with Crippen LogP contribution in [0.1, 0.15) is 5.56 Å². The molecule has 0 saturated carbocycles. The number of benzene rings is 2. The highest BCUT2D eigenvalue weighted by Gasteiger charge is 2.14. The normalized spacial score (nSPS) is 11.0. The van der Waals surface area contributed by atoms with Crippen molar-refractivity contribution in [3.05, 3.63) is 58.1 Å². The third-order valence-corrected chi connectivity index (χ3v) is 4.20. The Hall–Kier alpha value is -2.03. The van der Waals surface area contributed by atoms with Crippen molar-refractivity contribution in [2.24, 2.45) is 0 Å². The first-order valence-electron chi connectivity index (χ1n) is 6.85. The average Bonchev–Trinajstić information content (AvgIpc) is 2.51. The zero-order chi connectivity index (χ0) is 18.6. The molecule has 0 bridgehead atoms. The maximum atomic E-state index is 12.4. The van der Waals surface area contributed by atoms with Gasteiger partial charge in [-0.15, -0.1) is 0 Å². The van der Waals surface area contributed by atoms with Crippen molar-refractivity contribution in [2.75, 3.05) is 12.4 Å². The smallest absolute Gasteiger partial charge is 0.358 e. The fraction of sp³-hybridized carbons (Fsp3) is 0.133. The van der Waals surface area contributed by atoms with Crippen LogP contribution >= 0.6 is 23.2 Å². The van der Waals surface area contributed by atoms with Crippen molar-refractivity contribution >= 4 is 45.4 Å². The van der Waals surface area contributed by atoms with Gasteiger partial charge in [0.2, 0.25) is 0 Å². The molecule has 0 aliphatic heterocycles. The molecular formula is C15H13Cl2FN2O4S. The molecular weight excluding hydrogens is 394 g/mol. The fourth-order valence-corrected chi connectivity index (χ4v) is 2.78. The van der Waals surface area contributed by atoms with Gasteiger partial charge in [-0.2, -0.15) is 8.42 Å². The van der Waals surface area contributed by atoms with Crippen LogP contribution in [-0.2, 0) is 17.0 Å². The lowest BCUT2D eigenvalue weighted by Gasteiger charge is -2.19. The molecule has 10 heteroatoms. The summed E-state index contributed by atoms with van der Waals surface area (Å²) in [7, 11) is -3.53. The molecule has 0 atom stereocenters. The molecule has 0 fully saturated rings. The summed E-state index contributed by atoms with van der Waals surface area (Å²) in [4.78, 5) is 13.6. The number of nitrogens with one attached hydrogen (secondary N) is 1. The lowest BCUT2D eigenvalue weighted by molar-refractivity contribution is 0.220. The van der Waals surface area contributed by atoms with Gasteiger partial charge < -0.3 is 14.4 Å². The van der Waals surface area contributed by atoms with Crippen LogP contribution in [0.2, 0.25) is 10.0 Å². The second kappa shape index (κ2) is 7.90. The van der Waals surface area contributed by atoms with Crippen LogP contribution in [0.4, 0.5) is 14.4 Å². The second-order valence-electron chi connectivity index (χ2n) is 4.99. The van der Waals surface area contributed by atoms with E-state index in [1.54, 1.807) is 25.2 Å². The SMILES string of the molecule is CN(Cc1c(Cl)cccc1Cl)C(=O)Nc1ccc(OS(=O)(=O)F)cc1. The van der Waals surface area contributed by atoms with E-state index in [9.17, 15) is 17.1 Å². The maximum Gasteiger partial charge on any atom is 0.488 e. The number of rotatable bonds is 5. The van der Waals surface area contributed by atoms with Crippen LogP contribution in [0.25, 0.3) is 0 Å². The third-order valence-electron chi connectivity index (χ3n) is 3.11. The molecule has 0 heterocycles. The van der Waals surface area contributed by atoms with Gasteiger partial charge in [-0.1, -0.05) is 33.2 Å². The number of amides is 2. The molecule has 2 aromatic rings. The van der Waals surface area contributed by atoms with Gasteiger partial charge in [-0.25, -0.2) is 4.79 Å². The molecule has 2 aromatic carbocycles. The molecule has 2 amide bonds. The van der Waals surface area contributed by atoms with E-state index in [-0.39, 0.29) is 12.3 Å². The van der Waals surface area contributed by atoms with Gasteiger partial charge in [0.1, 0.15) is 5.75 Å². The van der Waals surface area contributed by atoms with Crippen LogP contribution in [0.3, 0.4) is 0 Å². The highest BCUT2D eigenvalue weighted by Crippen LogP contribution is 2.25. The first kappa shape index (κ1) is 19.3. The number of urea groups is 1. The molecule has 6 nitrogen and oxygen atoms in total. The molecule has 0 spiro atoms. The van der Waals surface area contributed by atoms with E-state index in [0.717, 1.165) is 0 Å². The molecule has 0 aliphatic rings. The predicted octanol–water partition coefficient (Wildman–Crippen LogP) is 4.25. The zero-order valence-corrected chi connectivity index (χ0v) is 15.2. The second-order valence-corrected chi connectivity index (χ2v) is 6.75. The van der Waals surface area contributed by atoms with Crippen LogP contribution < -0.4 is 9.50 Å². The van der Waals surface area contributed by atoms with Crippen molar-refractivity contribution < 1.29 is 21.3 Å². The Morgan fingerprint density at radius 2 is 1.72 bits per heavy atom. The first-order chi connectivity index (χ1) is 11.7. The largest absolute Gasteiger partial charge is 0.488 e. The third kappa shape index (κ3) is 5.77. The molecule has 0 aromatic heterocycles. The van der Waals surface area contributed by atoms with E-state index in [1.807, 2.05) is 0 Å². The Morgan fingerprint density at radius 1 is 1.16 bits per heavy atom. The summed E-state index contributed by atoms with van der Waals surface area (Å²) >= 11 is 12.1. The zero-order valence-electron chi connectivity index (χ0n) is 12.9. The Balaban J connectivity index is 2.01. The highest BCUT2D eigenvalue weighted by molar-refractivity contribution is 7.81. The van der Waals surface area contributed by atoms with Crippen molar-refractivity contribution in [1.29, 1.82) is 0 Å². The molecule has 0 saturated heterocycles. The molecule has 0 unspecified atom stereocenters. The highest BCUT2D eigenvalue weighted by atomic mass is 35.5. The number of carbonyl (C=O) groups is 1. The lowest BCUT2D eigenvalue weighted by Crippen LogP contribution is -2.31. The van der Waals surface area contributed by atoms with Crippen LogP contribution in [-0.4, -0.2) is 26.4 Å². The van der Waals surface area contributed by atoms with Gasteiger partial charge >= 0.3 is 16.5 Å². The van der Waals surface area contributed by atoms with E-state index in [4.69, 9.17) is 23.2 Å². The predicted molar refractivity (Wildman–Crippen MR) is 94.0 cm³/mol. The quantitative estimate of drug-likeness (QED) is 0.752. The van der Waals surface area contributed by atoms with Gasteiger partial charge in [0.05, 0.1) is 6.54 Å². The number of carbonyl (C=O) groups excluding carboxylic acids is 1.